The monoisotopic (exact) mass is 462 g/mol. The van der Waals surface area contributed by atoms with Crippen molar-refractivity contribution >= 4 is 46.7 Å². The number of anilines is 1. The van der Waals surface area contributed by atoms with Crippen molar-refractivity contribution in [3.63, 3.8) is 0 Å². The van der Waals surface area contributed by atoms with Crippen LogP contribution >= 0.6 is 23.2 Å². The van der Waals surface area contributed by atoms with Crippen LogP contribution in [0.5, 0.6) is 5.88 Å². The van der Waals surface area contributed by atoms with Crippen LogP contribution in [0.25, 0.3) is 6.08 Å². The second-order valence-corrected chi connectivity index (χ2v) is 7.77. The van der Waals surface area contributed by atoms with Crippen LogP contribution in [0.15, 0.2) is 60.3 Å². The zero-order chi connectivity index (χ0) is 22.7. The molecular formula is C25H16Cl2N2O3. The van der Waals surface area contributed by atoms with Crippen molar-refractivity contribution in [2.75, 3.05) is 12.4 Å². The van der Waals surface area contributed by atoms with Crippen LogP contribution in [0.1, 0.15) is 27.0 Å². The van der Waals surface area contributed by atoms with E-state index < -0.39 is 5.91 Å². The number of carbonyl (C=O) groups is 2. The van der Waals surface area contributed by atoms with E-state index in [2.05, 4.69) is 22.1 Å². The highest BCUT2D eigenvalue weighted by molar-refractivity contribution is 6.42. The number of nitrogens with zero attached hydrogens (tertiary/aromatic N) is 1. The van der Waals surface area contributed by atoms with Crippen LogP contribution in [0, 0.1) is 11.8 Å². The molecule has 0 fully saturated rings. The number of halogens is 2. The number of Topliss-reactive ketones (excluding diaryl/α,β-unsaturated/α-hetero) is 1. The van der Waals surface area contributed by atoms with Gasteiger partial charge in [-0.05, 0) is 53.6 Å². The molecule has 0 spiro atoms. The van der Waals surface area contributed by atoms with Gasteiger partial charge in [-0.15, -0.1) is 0 Å². The predicted octanol–water partition coefficient (Wildman–Crippen LogP) is 5.21. The van der Waals surface area contributed by atoms with Crippen LogP contribution in [-0.2, 0) is 11.2 Å². The zero-order valence-electron chi connectivity index (χ0n) is 16.9. The fraction of sp³-hybridized carbons (Fsp3) is 0.0800. The van der Waals surface area contributed by atoms with Gasteiger partial charge in [-0.3, -0.25) is 9.59 Å². The maximum atomic E-state index is 13.0. The summed E-state index contributed by atoms with van der Waals surface area (Å²) in [6, 6.07) is 13.7. The lowest BCUT2D eigenvalue weighted by atomic mass is 9.94. The summed E-state index contributed by atoms with van der Waals surface area (Å²) >= 11 is 12.0. The number of nitrogens with one attached hydrogen (secondary N) is 1. The van der Waals surface area contributed by atoms with Gasteiger partial charge in [-0.1, -0.05) is 41.1 Å². The Balaban J connectivity index is 1.60. The van der Waals surface area contributed by atoms with Crippen molar-refractivity contribution in [1.82, 2.24) is 4.98 Å². The van der Waals surface area contributed by atoms with E-state index in [0.717, 1.165) is 5.56 Å². The molecular weight excluding hydrogens is 447 g/mol. The molecule has 0 bridgehead atoms. The topological polar surface area (TPSA) is 68.3 Å². The molecule has 1 N–H and O–H groups in total. The summed E-state index contributed by atoms with van der Waals surface area (Å²) < 4.78 is 5.12. The second kappa shape index (κ2) is 9.27. The SMILES string of the molecule is COc1cc(CC#Cc2ccc3c(c2)C(=O)/C(=C/c2ccc(Cl)c(Cl)c2)C(=O)N3)ccn1. The summed E-state index contributed by atoms with van der Waals surface area (Å²) in [4.78, 5) is 29.6. The number of rotatable bonds is 3. The first-order valence-corrected chi connectivity index (χ1v) is 10.3. The normalized spacial score (nSPS) is 13.8. The average molecular weight is 463 g/mol. The Hall–Kier alpha value is -3.59. The Bertz CT molecular complexity index is 1340. The quantitative estimate of drug-likeness (QED) is 0.329. The van der Waals surface area contributed by atoms with E-state index in [1.54, 1.807) is 49.7 Å². The predicted molar refractivity (Wildman–Crippen MR) is 125 cm³/mol. The summed E-state index contributed by atoms with van der Waals surface area (Å²) in [5, 5.41) is 3.49. The summed E-state index contributed by atoms with van der Waals surface area (Å²) in [5.41, 5.74) is 3.10. The minimum Gasteiger partial charge on any atom is -0.481 e. The van der Waals surface area contributed by atoms with Gasteiger partial charge in [-0.25, -0.2) is 4.98 Å². The first kappa shape index (κ1) is 21.6. The van der Waals surface area contributed by atoms with E-state index in [4.69, 9.17) is 27.9 Å². The number of methoxy groups -OCH3 is 1. The summed E-state index contributed by atoms with van der Waals surface area (Å²) in [6.07, 6.45) is 3.67. The summed E-state index contributed by atoms with van der Waals surface area (Å²) in [7, 11) is 1.56. The standard InChI is InChI=1S/C25H16Cl2N2O3/c1-32-23-14-16(9-10-28-23)4-2-3-15-6-8-22-18(11-15)24(30)19(25(31)29-22)12-17-5-7-20(26)21(27)13-17/h5-14H,4H2,1H3,(H,29,31)/b19-12-. The first-order chi connectivity index (χ1) is 15.4. The molecule has 0 saturated heterocycles. The molecule has 0 saturated carbocycles. The third-order valence-electron chi connectivity index (χ3n) is 4.79. The smallest absolute Gasteiger partial charge is 0.259 e. The number of aromatic nitrogens is 1. The van der Waals surface area contributed by atoms with Crippen molar-refractivity contribution < 1.29 is 14.3 Å². The van der Waals surface area contributed by atoms with Crippen LogP contribution in [0.2, 0.25) is 10.0 Å². The Morgan fingerprint density at radius 3 is 2.69 bits per heavy atom. The molecule has 1 aliphatic rings. The third-order valence-corrected chi connectivity index (χ3v) is 5.53. The van der Waals surface area contributed by atoms with E-state index in [1.807, 2.05) is 12.1 Å². The van der Waals surface area contributed by atoms with E-state index in [9.17, 15) is 9.59 Å². The summed E-state index contributed by atoms with van der Waals surface area (Å²) in [5.74, 6) is 5.83. The number of hydrogen-bond donors (Lipinski definition) is 1. The molecule has 158 valence electrons. The molecule has 5 nitrogen and oxygen atoms in total. The molecule has 1 aromatic heterocycles. The Kier molecular flexibility index (Phi) is 6.27. The molecule has 0 atom stereocenters. The van der Waals surface area contributed by atoms with Crippen molar-refractivity contribution in [3.8, 4) is 17.7 Å². The van der Waals surface area contributed by atoms with Gasteiger partial charge < -0.3 is 10.1 Å². The molecule has 32 heavy (non-hydrogen) atoms. The fourth-order valence-corrected chi connectivity index (χ4v) is 3.48. The van der Waals surface area contributed by atoms with E-state index in [0.29, 0.717) is 44.7 Å². The molecule has 2 heterocycles. The fourth-order valence-electron chi connectivity index (χ4n) is 3.18. The summed E-state index contributed by atoms with van der Waals surface area (Å²) in [6.45, 7) is 0. The van der Waals surface area contributed by atoms with Crippen molar-refractivity contribution in [2.45, 2.75) is 6.42 Å². The van der Waals surface area contributed by atoms with Gasteiger partial charge in [0.05, 0.1) is 28.4 Å². The highest BCUT2D eigenvalue weighted by atomic mass is 35.5. The average Bonchev–Trinajstić information content (AvgIpc) is 2.79. The largest absolute Gasteiger partial charge is 0.481 e. The molecule has 1 amide bonds. The molecule has 4 rings (SSSR count). The lowest BCUT2D eigenvalue weighted by Gasteiger charge is -2.18. The first-order valence-electron chi connectivity index (χ1n) is 9.59. The lowest BCUT2D eigenvalue weighted by molar-refractivity contribution is -0.112. The Morgan fingerprint density at radius 2 is 1.91 bits per heavy atom. The number of benzene rings is 2. The van der Waals surface area contributed by atoms with Gasteiger partial charge in [0, 0.05) is 29.8 Å². The van der Waals surface area contributed by atoms with Crippen molar-refractivity contribution in [3.05, 3.63) is 92.6 Å². The molecule has 0 unspecified atom stereocenters. The van der Waals surface area contributed by atoms with Gasteiger partial charge in [-0.2, -0.15) is 0 Å². The molecule has 1 aliphatic heterocycles. The van der Waals surface area contributed by atoms with Crippen LogP contribution in [0.3, 0.4) is 0 Å². The number of pyridine rings is 1. The van der Waals surface area contributed by atoms with Crippen LogP contribution < -0.4 is 10.1 Å². The van der Waals surface area contributed by atoms with Gasteiger partial charge in [0.15, 0.2) is 0 Å². The molecule has 0 aliphatic carbocycles. The van der Waals surface area contributed by atoms with Gasteiger partial charge >= 0.3 is 0 Å². The number of ketones is 1. The number of ether oxygens (including phenoxy) is 1. The Labute approximate surface area is 195 Å². The lowest BCUT2D eigenvalue weighted by Crippen LogP contribution is -2.27. The van der Waals surface area contributed by atoms with E-state index in [-0.39, 0.29) is 11.4 Å². The highest BCUT2D eigenvalue weighted by Gasteiger charge is 2.28. The van der Waals surface area contributed by atoms with Crippen molar-refractivity contribution in [2.24, 2.45) is 0 Å². The minimum absolute atomic E-state index is 0.0184. The second-order valence-electron chi connectivity index (χ2n) is 6.96. The maximum absolute atomic E-state index is 13.0. The molecule has 0 radical (unpaired) electrons. The molecule has 7 heteroatoms. The van der Waals surface area contributed by atoms with Gasteiger partial charge in [0.2, 0.25) is 11.7 Å². The number of hydrogen-bond acceptors (Lipinski definition) is 4. The van der Waals surface area contributed by atoms with E-state index >= 15 is 0 Å². The van der Waals surface area contributed by atoms with Gasteiger partial charge in [0.25, 0.3) is 5.91 Å². The van der Waals surface area contributed by atoms with Crippen LogP contribution in [0.4, 0.5) is 5.69 Å². The Morgan fingerprint density at radius 1 is 1.06 bits per heavy atom. The van der Waals surface area contributed by atoms with Crippen LogP contribution in [-0.4, -0.2) is 23.8 Å². The molecule has 3 aromatic rings. The zero-order valence-corrected chi connectivity index (χ0v) is 18.4. The molecule has 2 aromatic carbocycles. The number of carbonyl (C=O) groups excluding carboxylic acids is 2. The van der Waals surface area contributed by atoms with Gasteiger partial charge in [0.1, 0.15) is 0 Å². The number of amides is 1. The van der Waals surface area contributed by atoms with Crippen molar-refractivity contribution in [1.29, 1.82) is 0 Å². The van der Waals surface area contributed by atoms with E-state index in [1.165, 1.54) is 6.08 Å². The maximum Gasteiger partial charge on any atom is 0.259 e. The highest BCUT2D eigenvalue weighted by Crippen LogP contribution is 2.29. The minimum atomic E-state index is -0.473. The number of fused-ring (bicyclic) bond motifs is 1. The third kappa shape index (κ3) is 4.67.